The largest absolute Gasteiger partial charge is 0.454 e. The van der Waals surface area contributed by atoms with Crippen molar-refractivity contribution in [3.05, 3.63) is 23.8 Å². The lowest BCUT2D eigenvalue weighted by atomic mass is 10.1. The van der Waals surface area contributed by atoms with Crippen LogP contribution in [0.15, 0.2) is 18.2 Å². The van der Waals surface area contributed by atoms with Crippen LogP contribution in [0.4, 0.5) is 0 Å². The van der Waals surface area contributed by atoms with Crippen molar-refractivity contribution in [1.29, 1.82) is 0 Å². The van der Waals surface area contributed by atoms with Crippen LogP contribution in [0.3, 0.4) is 0 Å². The number of para-hydroxylation sites is 1. The summed E-state index contributed by atoms with van der Waals surface area (Å²) >= 11 is 2.05. The topological polar surface area (TPSA) is 30.5 Å². The third kappa shape index (κ3) is 2.38. The fraction of sp³-hybridized carbons (Fsp3) is 0.538. The summed E-state index contributed by atoms with van der Waals surface area (Å²) in [5.41, 5.74) is 1.20. The Morgan fingerprint density at radius 1 is 1.41 bits per heavy atom. The molecule has 3 rings (SSSR count). The van der Waals surface area contributed by atoms with E-state index >= 15 is 0 Å². The molecule has 2 aliphatic heterocycles. The maximum absolute atomic E-state index is 5.50. The lowest BCUT2D eigenvalue weighted by molar-refractivity contribution is 0.173. The first-order valence-electron chi connectivity index (χ1n) is 6.05. The molecular weight excluding hydrogens is 234 g/mol. The highest BCUT2D eigenvalue weighted by molar-refractivity contribution is 8.00. The number of rotatable bonds is 3. The highest BCUT2D eigenvalue weighted by atomic mass is 32.2. The van der Waals surface area contributed by atoms with Gasteiger partial charge in [0.25, 0.3) is 0 Å². The third-order valence-corrected chi connectivity index (χ3v) is 4.61. The molecule has 2 atom stereocenters. The average molecular weight is 251 g/mol. The molecule has 0 spiro atoms. The fourth-order valence-electron chi connectivity index (χ4n) is 2.34. The predicted molar refractivity (Wildman–Crippen MR) is 69.7 cm³/mol. The summed E-state index contributed by atoms with van der Waals surface area (Å²) in [4.78, 5) is 0. The van der Waals surface area contributed by atoms with E-state index in [9.17, 15) is 0 Å². The smallest absolute Gasteiger partial charge is 0.231 e. The van der Waals surface area contributed by atoms with Gasteiger partial charge in [-0.2, -0.15) is 11.8 Å². The summed E-state index contributed by atoms with van der Waals surface area (Å²) in [6.07, 6.45) is 1.26. The van der Waals surface area contributed by atoms with E-state index in [4.69, 9.17) is 9.47 Å². The van der Waals surface area contributed by atoms with E-state index in [0.29, 0.717) is 12.8 Å². The molecule has 0 bridgehead atoms. The number of fused-ring (bicyclic) bond motifs is 1. The second-order valence-electron chi connectivity index (χ2n) is 4.61. The Morgan fingerprint density at radius 2 is 2.35 bits per heavy atom. The van der Waals surface area contributed by atoms with Crippen LogP contribution in [0, 0.1) is 0 Å². The minimum absolute atomic E-state index is 0.350. The van der Waals surface area contributed by atoms with E-state index in [0.717, 1.165) is 23.3 Å². The first kappa shape index (κ1) is 11.2. The SMILES string of the molecule is CC1CC(NCc2cccc3c2OCO3)CS1. The lowest BCUT2D eigenvalue weighted by Crippen LogP contribution is -2.28. The molecule has 1 aromatic rings. The van der Waals surface area contributed by atoms with Gasteiger partial charge in [0.2, 0.25) is 6.79 Å². The van der Waals surface area contributed by atoms with Gasteiger partial charge in [-0.1, -0.05) is 19.1 Å². The third-order valence-electron chi connectivity index (χ3n) is 3.26. The van der Waals surface area contributed by atoms with Crippen LogP contribution in [0.2, 0.25) is 0 Å². The molecule has 1 N–H and O–H groups in total. The van der Waals surface area contributed by atoms with Crippen molar-refractivity contribution in [3.8, 4) is 11.5 Å². The van der Waals surface area contributed by atoms with Crippen molar-refractivity contribution in [2.24, 2.45) is 0 Å². The number of hydrogen-bond donors (Lipinski definition) is 1. The van der Waals surface area contributed by atoms with Crippen molar-refractivity contribution in [2.45, 2.75) is 31.2 Å². The molecule has 1 saturated heterocycles. The van der Waals surface area contributed by atoms with Gasteiger partial charge < -0.3 is 14.8 Å². The van der Waals surface area contributed by atoms with Gasteiger partial charge in [-0.25, -0.2) is 0 Å². The van der Waals surface area contributed by atoms with Gasteiger partial charge in [0.1, 0.15) is 0 Å². The number of hydrogen-bond acceptors (Lipinski definition) is 4. The predicted octanol–water partition coefficient (Wildman–Crippen LogP) is 2.40. The molecule has 0 saturated carbocycles. The van der Waals surface area contributed by atoms with Crippen LogP contribution in [-0.4, -0.2) is 23.8 Å². The van der Waals surface area contributed by atoms with Gasteiger partial charge in [-0.05, 0) is 12.5 Å². The number of nitrogens with one attached hydrogen (secondary N) is 1. The van der Waals surface area contributed by atoms with Crippen molar-refractivity contribution in [1.82, 2.24) is 5.32 Å². The van der Waals surface area contributed by atoms with Gasteiger partial charge in [-0.3, -0.25) is 0 Å². The molecule has 1 aromatic carbocycles. The Balaban J connectivity index is 1.64. The summed E-state index contributed by atoms with van der Waals surface area (Å²) in [7, 11) is 0. The van der Waals surface area contributed by atoms with Crippen LogP contribution in [0.5, 0.6) is 11.5 Å². The zero-order valence-electron chi connectivity index (χ0n) is 9.94. The summed E-state index contributed by atoms with van der Waals surface area (Å²) in [6, 6.07) is 6.72. The molecule has 1 fully saturated rings. The Morgan fingerprint density at radius 3 is 3.18 bits per heavy atom. The molecule has 0 amide bonds. The van der Waals surface area contributed by atoms with E-state index < -0.39 is 0 Å². The summed E-state index contributed by atoms with van der Waals surface area (Å²) in [6.45, 7) is 3.51. The Kier molecular flexibility index (Phi) is 3.16. The van der Waals surface area contributed by atoms with Crippen LogP contribution in [0.25, 0.3) is 0 Å². The Hall–Kier alpha value is -0.870. The summed E-state index contributed by atoms with van der Waals surface area (Å²) in [5, 5.41) is 4.39. The minimum atomic E-state index is 0.350. The molecule has 0 aliphatic carbocycles. The molecule has 2 aliphatic rings. The van der Waals surface area contributed by atoms with Gasteiger partial charge in [0, 0.05) is 29.2 Å². The molecule has 17 heavy (non-hydrogen) atoms. The first-order valence-corrected chi connectivity index (χ1v) is 7.10. The summed E-state index contributed by atoms with van der Waals surface area (Å²) < 4.78 is 10.9. The maximum Gasteiger partial charge on any atom is 0.231 e. The van der Waals surface area contributed by atoms with Crippen LogP contribution in [0.1, 0.15) is 18.9 Å². The van der Waals surface area contributed by atoms with E-state index in [2.05, 4.69) is 18.3 Å². The van der Waals surface area contributed by atoms with E-state index in [1.54, 1.807) is 0 Å². The molecule has 0 aromatic heterocycles. The number of benzene rings is 1. The Bertz CT molecular complexity index is 410. The van der Waals surface area contributed by atoms with Crippen LogP contribution in [-0.2, 0) is 6.54 Å². The second kappa shape index (κ2) is 4.78. The van der Waals surface area contributed by atoms with Crippen LogP contribution < -0.4 is 14.8 Å². The monoisotopic (exact) mass is 251 g/mol. The number of thioether (sulfide) groups is 1. The maximum atomic E-state index is 5.50. The molecule has 0 radical (unpaired) electrons. The molecule has 2 unspecified atom stereocenters. The van der Waals surface area contributed by atoms with Crippen molar-refractivity contribution in [2.75, 3.05) is 12.5 Å². The minimum Gasteiger partial charge on any atom is -0.454 e. The van der Waals surface area contributed by atoms with Gasteiger partial charge in [0.15, 0.2) is 11.5 Å². The van der Waals surface area contributed by atoms with Gasteiger partial charge in [-0.15, -0.1) is 0 Å². The van der Waals surface area contributed by atoms with Crippen molar-refractivity contribution < 1.29 is 9.47 Å². The zero-order valence-corrected chi connectivity index (χ0v) is 10.8. The second-order valence-corrected chi connectivity index (χ2v) is 6.08. The Labute approximate surface area is 106 Å². The molecule has 3 nitrogen and oxygen atoms in total. The molecule has 2 heterocycles. The number of ether oxygens (including phenoxy) is 2. The van der Waals surface area contributed by atoms with E-state index in [1.165, 1.54) is 17.7 Å². The van der Waals surface area contributed by atoms with Crippen molar-refractivity contribution >= 4 is 11.8 Å². The van der Waals surface area contributed by atoms with E-state index in [-0.39, 0.29) is 0 Å². The molecule has 4 heteroatoms. The van der Waals surface area contributed by atoms with E-state index in [1.807, 2.05) is 23.9 Å². The lowest BCUT2D eigenvalue weighted by Gasteiger charge is -2.12. The fourth-order valence-corrected chi connectivity index (χ4v) is 3.53. The van der Waals surface area contributed by atoms with Gasteiger partial charge in [0.05, 0.1) is 0 Å². The zero-order chi connectivity index (χ0) is 11.7. The van der Waals surface area contributed by atoms with Crippen LogP contribution >= 0.6 is 11.8 Å². The first-order chi connectivity index (χ1) is 8.33. The normalized spacial score (nSPS) is 26.4. The highest BCUT2D eigenvalue weighted by Crippen LogP contribution is 2.35. The summed E-state index contributed by atoms with van der Waals surface area (Å²) in [5.74, 6) is 3.00. The average Bonchev–Trinajstić information content (AvgIpc) is 2.94. The van der Waals surface area contributed by atoms with Gasteiger partial charge >= 0.3 is 0 Å². The standard InChI is InChI=1S/C13H17NO2S/c1-9-5-11(7-17-9)14-6-10-3-2-4-12-13(10)16-8-15-12/h2-4,9,11,14H,5-8H2,1H3. The molecule has 92 valence electrons. The van der Waals surface area contributed by atoms with Crippen molar-refractivity contribution in [3.63, 3.8) is 0 Å². The molecular formula is C13H17NO2S. The highest BCUT2D eigenvalue weighted by Gasteiger charge is 2.22. The quantitative estimate of drug-likeness (QED) is 0.893.